The molecule has 0 aliphatic carbocycles. The predicted molar refractivity (Wildman–Crippen MR) is 77.4 cm³/mol. The van der Waals surface area contributed by atoms with Gasteiger partial charge in [-0.15, -0.1) is 10.2 Å². The summed E-state index contributed by atoms with van der Waals surface area (Å²) in [6, 6.07) is 3.00. The molecule has 0 unspecified atom stereocenters. The molecule has 0 aliphatic rings. The van der Waals surface area contributed by atoms with Gasteiger partial charge in [0.05, 0.1) is 4.90 Å². The van der Waals surface area contributed by atoms with Crippen molar-refractivity contribution in [2.75, 3.05) is 0 Å². The molecule has 2 N–H and O–H groups in total. The molecule has 7 nitrogen and oxygen atoms in total. The Labute approximate surface area is 123 Å². The van der Waals surface area contributed by atoms with Crippen molar-refractivity contribution in [3.05, 3.63) is 34.9 Å². The van der Waals surface area contributed by atoms with Crippen LogP contribution in [0.25, 0.3) is 0 Å². The third-order valence-corrected chi connectivity index (χ3v) is 4.18. The average molecular weight is 310 g/mol. The van der Waals surface area contributed by atoms with Gasteiger partial charge < -0.3 is 9.30 Å². The van der Waals surface area contributed by atoms with Gasteiger partial charge >= 0.3 is 0 Å². The van der Waals surface area contributed by atoms with Gasteiger partial charge in [0.25, 0.3) is 0 Å². The monoisotopic (exact) mass is 310 g/mol. The lowest BCUT2D eigenvalue weighted by Crippen LogP contribution is -2.13. The molecule has 8 heteroatoms. The summed E-state index contributed by atoms with van der Waals surface area (Å²) < 4.78 is 30.4. The number of hydrogen-bond donors (Lipinski definition) is 1. The van der Waals surface area contributed by atoms with E-state index in [4.69, 9.17) is 9.88 Å². The van der Waals surface area contributed by atoms with E-state index >= 15 is 0 Å². The van der Waals surface area contributed by atoms with Crippen molar-refractivity contribution in [1.29, 1.82) is 0 Å². The average Bonchev–Trinajstić information content (AvgIpc) is 2.68. The van der Waals surface area contributed by atoms with Crippen molar-refractivity contribution >= 4 is 10.0 Å². The lowest BCUT2D eigenvalue weighted by Gasteiger charge is -2.13. The van der Waals surface area contributed by atoms with Gasteiger partial charge in [0, 0.05) is 7.05 Å². The lowest BCUT2D eigenvalue weighted by atomic mass is 10.1. The van der Waals surface area contributed by atoms with Crippen LogP contribution in [-0.2, 0) is 23.7 Å². The van der Waals surface area contributed by atoms with Gasteiger partial charge in [0.15, 0.2) is 5.82 Å². The summed E-state index contributed by atoms with van der Waals surface area (Å²) in [5.41, 5.74) is 1.41. The molecule has 2 rings (SSSR count). The van der Waals surface area contributed by atoms with Gasteiger partial charge in [-0.3, -0.25) is 0 Å². The predicted octanol–water partition coefficient (Wildman–Crippen LogP) is 0.967. The molecule has 114 valence electrons. The van der Waals surface area contributed by atoms with E-state index in [0.29, 0.717) is 22.7 Å². The molecule has 0 aliphatic heterocycles. The Morgan fingerprint density at radius 3 is 2.19 bits per heavy atom. The summed E-state index contributed by atoms with van der Waals surface area (Å²) in [4.78, 5) is 0.0827. The molecule has 1 aromatic heterocycles. The highest BCUT2D eigenvalue weighted by molar-refractivity contribution is 7.89. The van der Waals surface area contributed by atoms with Crippen LogP contribution in [0, 0.1) is 20.8 Å². The number of nitrogens with two attached hydrogens (primary N) is 1. The van der Waals surface area contributed by atoms with E-state index in [9.17, 15) is 8.42 Å². The minimum absolute atomic E-state index is 0.0827. The van der Waals surface area contributed by atoms with Crippen LogP contribution in [0.15, 0.2) is 17.0 Å². The van der Waals surface area contributed by atoms with Crippen molar-refractivity contribution in [3.8, 4) is 5.75 Å². The number of hydrogen-bond acceptors (Lipinski definition) is 5. The van der Waals surface area contributed by atoms with Gasteiger partial charge in [-0.2, -0.15) is 0 Å². The van der Waals surface area contributed by atoms with Crippen molar-refractivity contribution in [2.24, 2.45) is 12.2 Å². The fourth-order valence-corrected chi connectivity index (χ4v) is 2.70. The standard InChI is InChI=1S/C13H18N4O3S/c1-8-5-11(21(14,18)19)6-9(2)13(8)20-7-12-16-15-10(3)17(12)4/h5-6H,7H2,1-4H3,(H2,14,18,19). The van der Waals surface area contributed by atoms with Crippen LogP contribution >= 0.6 is 0 Å². The van der Waals surface area contributed by atoms with Crippen molar-refractivity contribution < 1.29 is 13.2 Å². The van der Waals surface area contributed by atoms with Crippen molar-refractivity contribution in [1.82, 2.24) is 14.8 Å². The smallest absolute Gasteiger partial charge is 0.238 e. The van der Waals surface area contributed by atoms with Crippen molar-refractivity contribution in [2.45, 2.75) is 32.3 Å². The van der Waals surface area contributed by atoms with E-state index in [-0.39, 0.29) is 11.5 Å². The molecule has 0 radical (unpaired) electrons. The third-order valence-electron chi connectivity index (χ3n) is 3.29. The van der Waals surface area contributed by atoms with Crippen LogP contribution in [0.2, 0.25) is 0 Å². The molecular formula is C13H18N4O3S. The first-order chi connectivity index (χ1) is 9.70. The largest absolute Gasteiger partial charge is 0.485 e. The van der Waals surface area contributed by atoms with Gasteiger partial charge in [0.2, 0.25) is 10.0 Å². The molecule has 2 aromatic rings. The number of rotatable bonds is 4. The van der Waals surface area contributed by atoms with E-state index < -0.39 is 10.0 Å². The van der Waals surface area contributed by atoms with Crippen LogP contribution in [-0.4, -0.2) is 23.2 Å². The van der Waals surface area contributed by atoms with Crippen molar-refractivity contribution in [3.63, 3.8) is 0 Å². The van der Waals surface area contributed by atoms with Crippen LogP contribution in [0.5, 0.6) is 5.75 Å². The fraction of sp³-hybridized carbons (Fsp3) is 0.385. The summed E-state index contributed by atoms with van der Waals surface area (Å²) in [6.45, 7) is 5.67. The first kappa shape index (κ1) is 15.5. The number of aryl methyl sites for hydroxylation is 3. The lowest BCUT2D eigenvalue weighted by molar-refractivity contribution is 0.287. The van der Waals surface area contributed by atoms with Gasteiger partial charge in [-0.1, -0.05) is 0 Å². The zero-order valence-corrected chi connectivity index (χ0v) is 13.2. The normalized spacial score (nSPS) is 11.7. The van der Waals surface area contributed by atoms with Crippen LogP contribution < -0.4 is 9.88 Å². The topological polar surface area (TPSA) is 100 Å². The first-order valence-electron chi connectivity index (χ1n) is 6.32. The molecule has 0 saturated heterocycles. The van der Waals surface area contributed by atoms with Crippen LogP contribution in [0.3, 0.4) is 0 Å². The summed E-state index contributed by atoms with van der Waals surface area (Å²) in [7, 11) is -1.86. The Morgan fingerprint density at radius 2 is 1.76 bits per heavy atom. The first-order valence-corrected chi connectivity index (χ1v) is 7.86. The molecule has 0 amide bonds. The quantitative estimate of drug-likeness (QED) is 0.907. The zero-order chi connectivity index (χ0) is 15.8. The maximum atomic E-state index is 11.4. The summed E-state index contributed by atoms with van der Waals surface area (Å²) in [5.74, 6) is 2.12. The second-order valence-electron chi connectivity index (χ2n) is 4.94. The summed E-state index contributed by atoms with van der Waals surface area (Å²) in [5, 5.41) is 13.1. The molecule has 0 saturated carbocycles. The fourth-order valence-electron chi connectivity index (χ4n) is 2.02. The molecule has 21 heavy (non-hydrogen) atoms. The molecule has 0 atom stereocenters. The highest BCUT2D eigenvalue weighted by Crippen LogP contribution is 2.27. The highest BCUT2D eigenvalue weighted by atomic mass is 32.2. The van der Waals surface area contributed by atoms with E-state index in [2.05, 4.69) is 10.2 Å². The second-order valence-corrected chi connectivity index (χ2v) is 6.50. The number of benzene rings is 1. The third kappa shape index (κ3) is 3.22. The number of sulfonamides is 1. The molecule has 0 spiro atoms. The minimum atomic E-state index is -3.72. The summed E-state index contributed by atoms with van der Waals surface area (Å²) >= 11 is 0. The molecule has 0 fully saturated rings. The number of primary sulfonamides is 1. The summed E-state index contributed by atoms with van der Waals surface area (Å²) in [6.07, 6.45) is 0. The van der Waals surface area contributed by atoms with E-state index in [1.54, 1.807) is 13.8 Å². The Morgan fingerprint density at radius 1 is 1.19 bits per heavy atom. The molecular weight excluding hydrogens is 292 g/mol. The second kappa shape index (κ2) is 5.45. The van der Waals surface area contributed by atoms with E-state index in [1.807, 2.05) is 18.5 Å². The van der Waals surface area contributed by atoms with Gasteiger partial charge in [0.1, 0.15) is 18.2 Å². The van der Waals surface area contributed by atoms with Crippen LogP contribution in [0.1, 0.15) is 22.8 Å². The molecule has 1 aromatic carbocycles. The zero-order valence-electron chi connectivity index (χ0n) is 12.4. The number of ether oxygens (including phenoxy) is 1. The Kier molecular flexibility index (Phi) is 4.02. The SMILES string of the molecule is Cc1cc(S(N)(=O)=O)cc(C)c1OCc1nnc(C)n1C. The maximum Gasteiger partial charge on any atom is 0.238 e. The van der Waals surface area contributed by atoms with E-state index in [1.165, 1.54) is 12.1 Å². The van der Waals surface area contributed by atoms with Gasteiger partial charge in [-0.25, -0.2) is 13.6 Å². The highest BCUT2D eigenvalue weighted by Gasteiger charge is 2.14. The maximum absolute atomic E-state index is 11.4. The molecule has 1 heterocycles. The number of aromatic nitrogens is 3. The number of nitrogens with zero attached hydrogens (tertiary/aromatic N) is 3. The minimum Gasteiger partial charge on any atom is -0.485 e. The Bertz CT molecular complexity index is 758. The van der Waals surface area contributed by atoms with Gasteiger partial charge in [-0.05, 0) is 44.0 Å². The Balaban J connectivity index is 2.27. The molecule has 0 bridgehead atoms. The Hall–Kier alpha value is -1.93. The van der Waals surface area contributed by atoms with Crippen LogP contribution in [0.4, 0.5) is 0 Å². The van der Waals surface area contributed by atoms with E-state index in [0.717, 1.165) is 5.82 Å².